The zero-order valence-corrected chi connectivity index (χ0v) is 10.4. The average molecular weight is 266 g/mol. The monoisotopic (exact) mass is 266 g/mol. The molecule has 5 nitrogen and oxygen atoms in total. The summed E-state index contributed by atoms with van der Waals surface area (Å²) in [6.07, 6.45) is 1.39. The van der Waals surface area contributed by atoms with Crippen LogP contribution in [0.25, 0.3) is 10.9 Å². The van der Waals surface area contributed by atoms with Gasteiger partial charge in [0.05, 0.1) is 10.9 Å². The summed E-state index contributed by atoms with van der Waals surface area (Å²) in [6, 6.07) is 13.8. The topological polar surface area (TPSA) is 72.3 Å². The minimum absolute atomic E-state index is 0.0928. The van der Waals surface area contributed by atoms with Crippen molar-refractivity contribution >= 4 is 16.9 Å². The van der Waals surface area contributed by atoms with Crippen molar-refractivity contribution in [3.63, 3.8) is 0 Å². The standard InChI is InChI=1S/C15H10N2O3/c18-15(19)11-6-2-4-8-13(11)20-14-10-5-1-3-7-12(10)16-9-17-14/h1-9H,(H,18,19). The van der Waals surface area contributed by atoms with Gasteiger partial charge in [-0.1, -0.05) is 24.3 Å². The van der Waals surface area contributed by atoms with E-state index in [1.54, 1.807) is 18.2 Å². The minimum atomic E-state index is -1.04. The van der Waals surface area contributed by atoms with Gasteiger partial charge in [0.25, 0.3) is 0 Å². The Hall–Kier alpha value is -2.95. The Morgan fingerprint density at radius 2 is 1.75 bits per heavy atom. The number of para-hydroxylation sites is 2. The van der Waals surface area contributed by atoms with Gasteiger partial charge in [-0.05, 0) is 24.3 Å². The molecular weight excluding hydrogens is 256 g/mol. The van der Waals surface area contributed by atoms with Crippen LogP contribution in [0.1, 0.15) is 10.4 Å². The van der Waals surface area contributed by atoms with Crippen LogP contribution in [0.4, 0.5) is 0 Å². The summed E-state index contributed by atoms with van der Waals surface area (Å²) >= 11 is 0. The first-order chi connectivity index (χ1) is 9.75. The highest BCUT2D eigenvalue weighted by Crippen LogP contribution is 2.28. The van der Waals surface area contributed by atoms with Crippen LogP contribution in [0.5, 0.6) is 11.6 Å². The van der Waals surface area contributed by atoms with Crippen molar-refractivity contribution in [3.05, 3.63) is 60.4 Å². The quantitative estimate of drug-likeness (QED) is 0.788. The first kappa shape index (κ1) is 12.1. The molecule has 0 radical (unpaired) electrons. The predicted molar refractivity (Wildman–Crippen MR) is 73.0 cm³/mol. The fourth-order valence-corrected chi connectivity index (χ4v) is 1.90. The van der Waals surface area contributed by atoms with Gasteiger partial charge in [-0.15, -0.1) is 0 Å². The zero-order chi connectivity index (χ0) is 13.9. The van der Waals surface area contributed by atoms with Crippen LogP contribution in [0.3, 0.4) is 0 Å². The van der Waals surface area contributed by atoms with E-state index in [-0.39, 0.29) is 11.3 Å². The van der Waals surface area contributed by atoms with Crippen LogP contribution in [0.2, 0.25) is 0 Å². The van der Waals surface area contributed by atoms with Crippen molar-refractivity contribution in [2.45, 2.75) is 0 Å². The van der Waals surface area contributed by atoms with E-state index >= 15 is 0 Å². The molecule has 3 aromatic rings. The molecule has 1 N–H and O–H groups in total. The molecule has 5 heteroatoms. The van der Waals surface area contributed by atoms with E-state index in [1.807, 2.05) is 24.3 Å². The number of hydrogen-bond donors (Lipinski definition) is 1. The molecule has 0 atom stereocenters. The van der Waals surface area contributed by atoms with Crippen molar-refractivity contribution in [1.82, 2.24) is 9.97 Å². The third kappa shape index (κ3) is 2.16. The number of carbonyl (C=O) groups is 1. The summed E-state index contributed by atoms with van der Waals surface area (Å²) in [5.41, 5.74) is 0.834. The molecule has 0 spiro atoms. The fraction of sp³-hybridized carbons (Fsp3) is 0. The molecule has 1 aromatic heterocycles. The van der Waals surface area contributed by atoms with Gasteiger partial charge in [0, 0.05) is 0 Å². The Kier molecular flexibility index (Phi) is 3.01. The highest BCUT2D eigenvalue weighted by atomic mass is 16.5. The average Bonchev–Trinajstić information content (AvgIpc) is 2.48. The summed E-state index contributed by atoms with van der Waals surface area (Å²) in [5, 5.41) is 9.88. The van der Waals surface area contributed by atoms with E-state index in [2.05, 4.69) is 9.97 Å². The van der Waals surface area contributed by atoms with Crippen molar-refractivity contribution < 1.29 is 14.6 Å². The first-order valence-corrected chi connectivity index (χ1v) is 5.95. The summed E-state index contributed by atoms with van der Waals surface area (Å²) < 4.78 is 5.65. The van der Waals surface area contributed by atoms with Gasteiger partial charge in [0.2, 0.25) is 5.88 Å². The van der Waals surface area contributed by atoms with Crippen LogP contribution >= 0.6 is 0 Å². The summed E-state index contributed by atoms with van der Waals surface area (Å²) in [4.78, 5) is 19.4. The predicted octanol–water partition coefficient (Wildman–Crippen LogP) is 3.12. The number of carboxylic acids is 1. The third-order valence-electron chi connectivity index (χ3n) is 2.83. The van der Waals surface area contributed by atoms with Gasteiger partial charge < -0.3 is 9.84 Å². The van der Waals surface area contributed by atoms with E-state index in [0.717, 1.165) is 10.9 Å². The van der Waals surface area contributed by atoms with Gasteiger partial charge in [-0.2, -0.15) is 0 Å². The number of benzene rings is 2. The molecule has 0 aliphatic rings. The molecule has 1 heterocycles. The van der Waals surface area contributed by atoms with Crippen LogP contribution in [0, 0.1) is 0 Å². The van der Waals surface area contributed by atoms with Gasteiger partial charge in [-0.3, -0.25) is 0 Å². The molecule has 0 saturated heterocycles. The molecule has 0 unspecified atom stereocenters. The lowest BCUT2D eigenvalue weighted by Gasteiger charge is -2.09. The van der Waals surface area contributed by atoms with Crippen LogP contribution in [-0.2, 0) is 0 Å². The van der Waals surface area contributed by atoms with Crippen LogP contribution < -0.4 is 4.74 Å². The van der Waals surface area contributed by atoms with E-state index < -0.39 is 5.97 Å². The Labute approximate surface area is 114 Å². The van der Waals surface area contributed by atoms with Crippen molar-refractivity contribution in [2.75, 3.05) is 0 Å². The summed E-state index contributed by atoms with van der Waals surface area (Å²) in [5.74, 6) is -0.452. The number of aromatic carboxylic acids is 1. The van der Waals surface area contributed by atoms with Crippen LogP contribution in [0.15, 0.2) is 54.9 Å². The third-order valence-corrected chi connectivity index (χ3v) is 2.83. The van der Waals surface area contributed by atoms with E-state index in [4.69, 9.17) is 9.84 Å². The highest BCUT2D eigenvalue weighted by Gasteiger charge is 2.13. The van der Waals surface area contributed by atoms with Crippen molar-refractivity contribution in [1.29, 1.82) is 0 Å². The lowest BCUT2D eigenvalue weighted by Crippen LogP contribution is -2.00. The Bertz CT molecular complexity index is 781. The van der Waals surface area contributed by atoms with Gasteiger partial charge in [0.15, 0.2) is 0 Å². The molecule has 2 aromatic carbocycles. The number of carboxylic acid groups (broad SMARTS) is 1. The molecule has 0 bridgehead atoms. The highest BCUT2D eigenvalue weighted by molar-refractivity contribution is 5.91. The lowest BCUT2D eigenvalue weighted by atomic mass is 10.2. The number of ether oxygens (including phenoxy) is 1. The molecule has 98 valence electrons. The van der Waals surface area contributed by atoms with Crippen molar-refractivity contribution in [2.24, 2.45) is 0 Å². The molecule has 0 saturated carbocycles. The maximum absolute atomic E-state index is 11.2. The molecule has 0 fully saturated rings. The second kappa shape index (κ2) is 4.97. The lowest BCUT2D eigenvalue weighted by molar-refractivity contribution is 0.0694. The molecular formula is C15H10N2O3. The fourth-order valence-electron chi connectivity index (χ4n) is 1.90. The normalized spacial score (nSPS) is 10.4. The summed E-state index contributed by atoms with van der Waals surface area (Å²) in [6.45, 7) is 0. The van der Waals surface area contributed by atoms with Crippen LogP contribution in [-0.4, -0.2) is 21.0 Å². The van der Waals surface area contributed by atoms with E-state index in [0.29, 0.717) is 5.88 Å². The SMILES string of the molecule is O=C(O)c1ccccc1Oc1ncnc2ccccc12. The second-order valence-corrected chi connectivity index (χ2v) is 4.10. The van der Waals surface area contributed by atoms with E-state index in [1.165, 1.54) is 12.4 Å². The van der Waals surface area contributed by atoms with Gasteiger partial charge in [0.1, 0.15) is 17.6 Å². The largest absolute Gasteiger partial charge is 0.478 e. The smallest absolute Gasteiger partial charge is 0.339 e. The zero-order valence-electron chi connectivity index (χ0n) is 10.4. The minimum Gasteiger partial charge on any atom is -0.478 e. The number of rotatable bonds is 3. The first-order valence-electron chi connectivity index (χ1n) is 5.95. The van der Waals surface area contributed by atoms with Gasteiger partial charge in [-0.25, -0.2) is 14.8 Å². The maximum Gasteiger partial charge on any atom is 0.339 e. The molecule has 20 heavy (non-hydrogen) atoms. The molecule has 0 aliphatic heterocycles. The summed E-state index contributed by atoms with van der Waals surface area (Å²) in [7, 11) is 0. The number of aromatic nitrogens is 2. The maximum atomic E-state index is 11.2. The Morgan fingerprint density at radius 3 is 2.60 bits per heavy atom. The Morgan fingerprint density at radius 1 is 1.00 bits per heavy atom. The van der Waals surface area contributed by atoms with Crippen molar-refractivity contribution in [3.8, 4) is 11.6 Å². The Balaban J connectivity index is 2.08. The number of fused-ring (bicyclic) bond motifs is 1. The van der Waals surface area contributed by atoms with E-state index in [9.17, 15) is 4.79 Å². The second-order valence-electron chi connectivity index (χ2n) is 4.10. The number of hydrogen-bond acceptors (Lipinski definition) is 4. The van der Waals surface area contributed by atoms with Gasteiger partial charge >= 0.3 is 5.97 Å². The molecule has 3 rings (SSSR count). The number of nitrogens with zero attached hydrogens (tertiary/aromatic N) is 2. The molecule has 0 amide bonds. The molecule has 0 aliphatic carbocycles.